The standard InChI is InChI=1S/C17H21N3O5S/c18-17(23)12-8-10-19(11-9-12)26(24,25)14-6-4-13(5-7-14)20-15(21)2-1-3-16(20)22/h4-7,12H,1-3,8-11H2,(H2,18,23). The maximum absolute atomic E-state index is 12.7. The zero-order valence-corrected chi connectivity index (χ0v) is 15.1. The molecule has 0 radical (unpaired) electrons. The number of carbonyl (C=O) groups is 3. The molecule has 0 unspecified atom stereocenters. The molecule has 2 heterocycles. The normalized spacial score (nSPS) is 20.4. The Bertz CT molecular complexity index is 810. The van der Waals surface area contributed by atoms with Gasteiger partial charge in [0.25, 0.3) is 0 Å². The van der Waals surface area contributed by atoms with E-state index in [1.165, 1.54) is 28.6 Å². The van der Waals surface area contributed by atoms with Crippen LogP contribution in [0.25, 0.3) is 0 Å². The Morgan fingerprint density at radius 3 is 2.04 bits per heavy atom. The molecule has 8 nitrogen and oxygen atoms in total. The van der Waals surface area contributed by atoms with Crippen LogP contribution in [0.15, 0.2) is 29.2 Å². The predicted octanol–water partition coefficient (Wildman–Crippen LogP) is 0.616. The van der Waals surface area contributed by atoms with Crippen LogP contribution in [0.5, 0.6) is 0 Å². The maximum atomic E-state index is 12.7. The average molecular weight is 379 g/mol. The van der Waals surface area contributed by atoms with Crippen LogP contribution in [-0.4, -0.2) is 43.5 Å². The molecule has 1 aromatic rings. The zero-order valence-electron chi connectivity index (χ0n) is 14.3. The van der Waals surface area contributed by atoms with E-state index in [2.05, 4.69) is 0 Å². The Labute approximate surface area is 152 Å². The van der Waals surface area contributed by atoms with Crippen LogP contribution >= 0.6 is 0 Å². The quantitative estimate of drug-likeness (QED) is 0.769. The van der Waals surface area contributed by atoms with Gasteiger partial charge in [0, 0.05) is 31.8 Å². The van der Waals surface area contributed by atoms with E-state index in [1.807, 2.05) is 0 Å². The molecule has 0 spiro atoms. The second-order valence-electron chi connectivity index (χ2n) is 6.55. The molecule has 9 heteroatoms. The number of primary amides is 1. The van der Waals surface area contributed by atoms with Crippen molar-refractivity contribution in [2.75, 3.05) is 18.0 Å². The highest BCUT2D eigenvalue weighted by Crippen LogP contribution is 2.27. The van der Waals surface area contributed by atoms with Gasteiger partial charge in [0.2, 0.25) is 27.7 Å². The van der Waals surface area contributed by atoms with E-state index < -0.39 is 15.9 Å². The van der Waals surface area contributed by atoms with Gasteiger partial charge in [-0.3, -0.25) is 19.3 Å². The van der Waals surface area contributed by atoms with Crippen molar-refractivity contribution < 1.29 is 22.8 Å². The van der Waals surface area contributed by atoms with E-state index in [-0.39, 0.29) is 35.7 Å². The number of sulfonamides is 1. The summed E-state index contributed by atoms with van der Waals surface area (Å²) in [6.07, 6.45) is 1.97. The Kier molecular flexibility index (Phi) is 5.10. The third-order valence-electron chi connectivity index (χ3n) is 4.87. The van der Waals surface area contributed by atoms with Crippen LogP contribution in [0.1, 0.15) is 32.1 Å². The van der Waals surface area contributed by atoms with Gasteiger partial charge < -0.3 is 5.73 Å². The van der Waals surface area contributed by atoms with Gasteiger partial charge >= 0.3 is 0 Å². The Morgan fingerprint density at radius 2 is 1.54 bits per heavy atom. The van der Waals surface area contributed by atoms with Crippen LogP contribution in [0.3, 0.4) is 0 Å². The molecule has 2 N–H and O–H groups in total. The lowest BCUT2D eigenvalue weighted by molar-refractivity contribution is -0.129. The lowest BCUT2D eigenvalue weighted by Crippen LogP contribution is -2.41. The third kappa shape index (κ3) is 3.49. The molecule has 3 rings (SSSR count). The number of nitrogens with two attached hydrogens (primary N) is 1. The molecule has 0 bridgehead atoms. The van der Waals surface area contributed by atoms with Gasteiger partial charge in [-0.25, -0.2) is 8.42 Å². The SMILES string of the molecule is NC(=O)C1CCN(S(=O)(=O)c2ccc(N3C(=O)CCCC3=O)cc2)CC1. The molecule has 2 saturated heterocycles. The van der Waals surface area contributed by atoms with Gasteiger partial charge in [-0.1, -0.05) is 0 Å². The first-order valence-electron chi connectivity index (χ1n) is 8.56. The lowest BCUT2D eigenvalue weighted by Gasteiger charge is -2.30. The van der Waals surface area contributed by atoms with E-state index in [1.54, 1.807) is 0 Å². The second kappa shape index (κ2) is 7.16. The van der Waals surface area contributed by atoms with E-state index in [0.717, 1.165) is 4.90 Å². The summed E-state index contributed by atoms with van der Waals surface area (Å²) < 4.78 is 26.8. The number of anilines is 1. The Balaban J connectivity index is 1.76. The van der Waals surface area contributed by atoms with Crippen molar-refractivity contribution in [2.24, 2.45) is 11.7 Å². The summed E-state index contributed by atoms with van der Waals surface area (Å²) in [6, 6.07) is 5.76. The summed E-state index contributed by atoms with van der Waals surface area (Å²) in [5.41, 5.74) is 5.66. The van der Waals surface area contributed by atoms with Gasteiger partial charge in [-0.05, 0) is 43.5 Å². The van der Waals surface area contributed by atoms with Crippen molar-refractivity contribution >= 4 is 33.4 Å². The fourth-order valence-corrected chi connectivity index (χ4v) is 4.81. The Hall–Kier alpha value is -2.26. The third-order valence-corrected chi connectivity index (χ3v) is 6.78. The molecule has 2 fully saturated rings. The molecule has 1 aromatic carbocycles. The minimum Gasteiger partial charge on any atom is -0.369 e. The minimum atomic E-state index is -3.69. The molecule has 0 atom stereocenters. The number of rotatable bonds is 4. The van der Waals surface area contributed by atoms with Crippen LogP contribution in [0.4, 0.5) is 5.69 Å². The second-order valence-corrected chi connectivity index (χ2v) is 8.49. The number of imide groups is 1. The average Bonchev–Trinajstić information content (AvgIpc) is 2.62. The highest BCUT2D eigenvalue weighted by molar-refractivity contribution is 7.89. The van der Waals surface area contributed by atoms with E-state index in [4.69, 9.17) is 5.73 Å². The van der Waals surface area contributed by atoms with Crippen molar-refractivity contribution in [3.63, 3.8) is 0 Å². The van der Waals surface area contributed by atoms with Crippen molar-refractivity contribution in [2.45, 2.75) is 37.0 Å². The van der Waals surface area contributed by atoms with Crippen molar-refractivity contribution in [3.8, 4) is 0 Å². The first kappa shape index (κ1) is 18.5. The van der Waals surface area contributed by atoms with Crippen molar-refractivity contribution in [1.82, 2.24) is 4.31 Å². The summed E-state index contributed by atoms with van der Waals surface area (Å²) in [5.74, 6) is -1.24. The molecule has 2 aliphatic rings. The van der Waals surface area contributed by atoms with Gasteiger partial charge in [0.15, 0.2) is 0 Å². The van der Waals surface area contributed by atoms with Crippen molar-refractivity contribution in [1.29, 1.82) is 0 Å². The first-order valence-corrected chi connectivity index (χ1v) is 10.00. The molecule has 0 saturated carbocycles. The highest BCUT2D eigenvalue weighted by Gasteiger charge is 2.32. The number of nitrogens with zero attached hydrogens (tertiary/aromatic N) is 2. The fraction of sp³-hybridized carbons (Fsp3) is 0.471. The maximum Gasteiger partial charge on any atom is 0.243 e. The number of hydrogen-bond acceptors (Lipinski definition) is 5. The van der Waals surface area contributed by atoms with E-state index >= 15 is 0 Å². The first-order chi connectivity index (χ1) is 12.3. The van der Waals surface area contributed by atoms with Gasteiger partial charge in [0.1, 0.15) is 0 Å². The molecule has 0 aliphatic carbocycles. The summed E-state index contributed by atoms with van der Waals surface area (Å²) in [4.78, 5) is 36.3. The predicted molar refractivity (Wildman–Crippen MR) is 93.5 cm³/mol. The molecular weight excluding hydrogens is 358 g/mol. The van der Waals surface area contributed by atoms with Crippen LogP contribution in [0, 0.1) is 5.92 Å². The van der Waals surface area contributed by atoms with Gasteiger partial charge in [-0.2, -0.15) is 4.31 Å². The molecule has 2 aliphatic heterocycles. The summed E-state index contributed by atoms with van der Waals surface area (Å²) in [5, 5.41) is 0. The minimum absolute atomic E-state index is 0.0932. The highest BCUT2D eigenvalue weighted by atomic mass is 32.2. The molecule has 140 valence electrons. The largest absolute Gasteiger partial charge is 0.369 e. The van der Waals surface area contributed by atoms with Gasteiger partial charge in [-0.15, -0.1) is 0 Å². The zero-order chi connectivity index (χ0) is 18.9. The number of amides is 3. The van der Waals surface area contributed by atoms with Crippen molar-refractivity contribution in [3.05, 3.63) is 24.3 Å². The van der Waals surface area contributed by atoms with Crippen LogP contribution in [-0.2, 0) is 24.4 Å². The monoisotopic (exact) mass is 379 g/mol. The number of benzene rings is 1. The summed E-state index contributed by atoms with van der Waals surface area (Å²) >= 11 is 0. The van der Waals surface area contributed by atoms with Crippen LogP contribution < -0.4 is 10.6 Å². The summed E-state index contributed by atoms with van der Waals surface area (Å²) in [7, 11) is -3.69. The lowest BCUT2D eigenvalue weighted by atomic mass is 9.98. The molecule has 26 heavy (non-hydrogen) atoms. The van der Waals surface area contributed by atoms with E-state index in [9.17, 15) is 22.8 Å². The molecule has 3 amide bonds. The smallest absolute Gasteiger partial charge is 0.243 e. The summed E-state index contributed by atoms with van der Waals surface area (Å²) in [6.45, 7) is 0.474. The number of carbonyl (C=O) groups excluding carboxylic acids is 3. The van der Waals surface area contributed by atoms with E-state index in [0.29, 0.717) is 37.8 Å². The molecular formula is C17H21N3O5S. The van der Waals surface area contributed by atoms with Crippen LogP contribution in [0.2, 0.25) is 0 Å². The number of hydrogen-bond donors (Lipinski definition) is 1. The molecule has 0 aromatic heterocycles. The Morgan fingerprint density at radius 1 is 1.00 bits per heavy atom. The number of piperidine rings is 2. The van der Waals surface area contributed by atoms with Gasteiger partial charge in [0.05, 0.1) is 10.6 Å². The topological polar surface area (TPSA) is 118 Å². The fourth-order valence-electron chi connectivity index (χ4n) is 3.34.